The summed E-state index contributed by atoms with van der Waals surface area (Å²) < 4.78 is 0. The molecule has 1 aromatic carbocycles. The molecule has 0 unspecified atom stereocenters. The van der Waals surface area contributed by atoms with Crippen molar-refractivity contribution in [3.8, 4) is 10.6 Å². The molecule has 0 aliphatic carbocycles. The number of aromatic nitrogens is 2. The van der Waals surface area contributed by atoms with E-state index in [0.717, 1.165) is 21.3 Å². The lowest BCUT2D eigenvalue weighted by Crippen LogP contribution is -2.05. The van der Waals surface area contributed by atoms with E-state index >= 15 is 0 Å². The second-order valence-electron chi connectivity index (χ2n) is 3.46. The van der Waals surface area contributed by atoms with Crippen LogP contribution in [0.1, 0.15) is 11.9 Å². The molecule has 0 radical (unpaired) electrons. The van der Waals surface area contributed by atoms with Crippen molar-refractivity contribution < 1.29 is 4.79 Å². The van der Waals surface area contributed by atoms with E-state index in [1.54, 1.807) is 0 Å². The first kappa shape index (κ1) is 11.7. The van der Waals surface area contributed by atoms with Gasteiger partial charge >= 0.3 is 0 Å². The predicted octanol–water partition coefficient (Wildman–Crippen LogP) is 1.62. The number of benzene rings is 1. The van der Waals surface area contributed by atoms with Gasteiger partial charge in [0.2, 0.25) is 5.91 Å². The molecule has 0 saturated carbocycles. The molecule has 0 saturated heterocycles. The average molecular weight is 248 g/mol. The molecule has 0 aliphatic heterocycles. The van der Waals surface area contributed by atoms with Crippen molar-refractivity contribution in [3.05, 3.63) is 29.3 Å². The van der Waals surface area contributed by atoms with Crippen LogP contribution >= 0.6 is 11.3 Å². The van der Waals surface area contributed by atoms with Crippen LogP contribution in [0.25, 0.3) is 10.6 Å². The fraction of sp³-hybridized carbons (Fsp3) is 0.182. The average Bonchev–Trinajstić information content (AvgIpc) is 2.78. The Morgan fingerprint density at radius 2 is 2.06 bits per heavy atom. The summed E-state index contributed by atoms with van der Waals surface area (Å²) in [6.07, 6.45) is 0. The minimum atomic E-state index is -0.0842. The monoisotopic (exact) mass is 248 g/mol. The van der Waals surface area contributed by atoms with Gasteiger partial charge in [-0.15, -0.1) is 10.2 Å². The normalized spacial score (nSPS) is 10.2. The van der Waals surface area contributed by atoms with E-state index in [0.29, 0.717) is 6.54 Å². The zero-order valence-electron chi connectivity index (χ0n) is 9.30. The SMILES string of the molecule is CC(=O)Nc1ccc(-c2nnc(CN)s2)cc1. The molecule has 0 aliphatic rings. The van der Waals surface area contributed by atoms with Crippen molar-refractivity contribution in [2.24, 2.45) is 5.73 Å². The van der Waals surface area contributed by atoms with E-state index in [2.05, 4.69) is 15.5 Å². The van der Waals surface area contributed by atoms with E-state index < -0.39 is 0 Å². The number of carbonyl (C=O) groups excluding carboxylic acids is 1. The molecule has 1 aromatic heterocycles. The number of hydrogen-bond donors (Lipinski definition) is 2. The number of amides is 1. The quantitative estimate of drug-likeness (QED) is 0.865. The third-order valence-electron chi connectivity index (χ3n) is 2.09. The standard InChI is InChI=1S/C11H12N4OS/c1-7(16)13-9-4-2-8(3-5-9)11-15-14-10(6-12)17-11/h2-5H,6,12H2,1H3,(H,13,16). The summed E-state index contributed by atoms with van der Waals surface area (Å²) in [5.41, 5.74) is 7.22. The number of nitrogens with one attached hydrogen (secondary N) is 1. The van der Waals surface area contributed by atoms with Gasteiger partial charge in [-0.05, 0) is 24.3 Å². The largest absolute Gasteiger partial charge is 0.326 e. The molecule has 2 aromatic rings. The molecule has 0 atom stereocenters. The smallest absolute Gasteiger partial charge is 0.221 e. The molecule has 0 spiro atoms. The van der Waals surface area contributed by atoms with Gasteiger partial charge in [0.1, 0.15) is 10.0 Å². The second kappa shape index (κ2) is 5.03. The molecule has 0 fully saturated rings. The van der Waals surface area contributed by atoms with Gasteiger partial charge in [0.15, 0.2) is 0 Å². The number of nitrogens with two attached hydrogens (primary N) is 1. The molecule has 88 valence electrons. The molecular weight excluding hydrogens is 236 g/mol. The molecular formula is C11H12N4OS. The van der Waals surface area contributed by atoms with Gasteiger partial charge in [-0.25, -0.2) is 0 Å². The highest BCUT2D eigenvalue weighted by atomic mass is 32.1. The Morgan fingerprint density at radius 3 is 2.59 bits per heavy atom. The second-order valence-corrected chi connectivity index (χ2v) is 4.53. The Bertz CT molecular complexity index is 521. The lowest BCUT2D eigenvalue weighted by molar-refractivity contribution is -0.114. The summed E-state index contributed by atoms with van der Waals surface area (Å²) in [6, 6.07) is 7.46. The van der Waals surface area contributed by atoms with Gasteiger partial charge in [0, 0.05) is 24.7 Å². The van der Waals surface area contributed by atoms with Crippen molar-refractivity contribution in [1.29, 1.82) is 0 Å². The molecule has 17 heavy (non-hydrogen) atoms. The van der Waals surface area contributed by atoms with Crippen LogP contribution in [0, 0.1) is 0 Å². The van der Waals surface area contributed by atoms with Crippen molar-refractivity contribution in [2.45, 2.75) is 13.5 Å². The topological polar surface area (TPSA) is 80.9 Å². The Labute approximate surface area is 103 Å². The highest BCUT2D eigenvalue weighted by molar-refractivity contribution is 7.14. The number of hydrogen-bond acceptors (Lipinski definition) is 5. The molecule has 3 N–H and O–H groups in total. The van der Waals surface area contributed by atoms with E-state index in [1.165, 1.54) is 18.3 Å². The molecule has 2 rings (SSSR count). The molecule has 6 heteroatoms. The third-order valence-corrected chi connectivity index (χ3v) is 3.09. The highest BCUT2D eigenvalue weighted by Crippen LogP contribution is 2.24. The molecule has 1 amide bonds. The Morgan fingerprint density at radius 1 is 1.35 bits per heavy atom. The van der Waals surface area contributed by atoms with Gasteiger partial charge in [-0.1, -0.05) is 11.3 Å². The summed E-state index contributed by atoms with van der Waals surface area (Å²) in [5.74, 6) is -0.0842. The van der Waals surface area contributed by atoms with E-state index in [-0.39, 0.29) is 5.91 Å². The fourth-order valence-electron chi connectivity index (χ4n) is 1.35. The maximum absolute atomic E-state index is 10.9. The lowest BCUT2D eigenvalue weighted by atomic mass is 10.2. The van der Waals surface area contributed by atoms with E-state index in [9.17, 15) is 4.79 Å². The Hall–Kier alpha value is -1.79. The first-order valence-corrected chi connectivity index (χ1v) is 5.91. The van der Waals surface area contributed by atoms with Gasteiger partial charge in [0.05, 0.1) is 0 Å². The zero-order valence-corrected chi connectivity index (χ0v) is 10.1. The zero-order chi connectivity index (χ0) is 12.3. The van der Waals surface area contributed by atoms with Gasteiger partial charge in [-0.3, -0.25) is 4.79 Å². The van der Waals surface area contributed by atoms with Crippen molar-refractivity contribution in [1.82, 2.24) is 10.2 Å². The number of rotatable bonds is 3. The van der Waals surface area contributed by atoms with Crippen molar-refractivity contribution in [2.75, 3.05) is 5.32 Å². The van der Waals surface area contributed by atoms with Crippen molar-refractivity contribution in [3.63, 3.8) is 0 Å². The first-order chi connectivity index (χ1) is 8.19. The van der Waals surface area contributed by atoms with E-state index in [4.69, 9.17) is 5.73 Å². The van der Waals surface area contributed by atoms with Gasteiger partial charge in [0.25, 0.3) is 0 Å². The Balaban J connectivity index is 2.19. The maximum Gasteiger partial charge on any atom is 0.221 e. The predicted molar refractivity (Wildman–Crippen MR) is 67.5 cm³/mol. The third kappa shape index (κ3) is 2.86. The summed E-state index contributed by atoms with van der Waals surface area (Å²) in [6.45, 7) is 1.88. The minimum absolute atomic E-state index is 0.0842. The first-order valence-electron chi connectivity index (χ1n) is 5.09. The molecule has 1 heterocycles. The van der Waals surface area contributed by atoms with Crippen LogP contribution in [0.15, 0.2) is 24.3 Å². The van der Waals surface area contributed by atoms with Gasteiger partial charge < -0.3 is 11.1 Å². The van der Waals surface area contributed by atoms with Crippen LogP contribution in [-0.2, 0) is 11.3 Å². The summed E-state index contributed by atoms with van der Waals surface area (Å²) in [5, 5.41) is 12.4. The fourth-order valence-corrected chi connectivity index (χ4v) is 2.08. The lowest BCUT2D eigenvalue weighted by Gasteiger charge is -2.01. The minimum Gasteiger partial charge on any atom is -0.326 e. The van der Waals surface area contributed by atoms with Crippen LogP contribution in [-0.4, -0.2) is 16.1 Å². The highest BCUT2D eigenvalue weighted by Gasteiger charge is 2.05. The number of nitrogens with zero attached hydrogens (tertiary/aromatic N) is 2. The number of anilines is 1. The summed E-state index contributed by atoms with van der Waals surface area (Å²) in [4.78, 5) is 10.9. The van der Waals surface area contributed by atoms with Crippen LogP contribution < -0.4 is 11.1 Å². The van der Waals surface area contributed by atoms with Crippen molar-refractivity contribution >= 4 is 22.9 Å². The molecule has 5 nitrogen and oxygen atoms in total. The maximum atomic E-state index is 10.9. The van der Waals surface area contributed by atoms with Crippen LogP contribution in [0.5, 0.6) is 0 Å². The summed E-state index contributed by atoms with van der Waals surface area (Å²) >= 11 is 1.47. The van der Waals surface area contributed by atoms with Crippen LogP contribution in [0.3, 0.4) is 0 Å². The van der Waals surface area contributed by atoms with E-state index in [1.807, 2.05) is 24.3 Å². The summed E-state index contributed by atoms with van der Waals surface area (Å²) in [7, 11) is 0. The van der Waals surface area contributed by atoms with Crippen LogP contribution in [0.2, 0.25) is 0 Å². The number of carbonyl (C=O) groups is 1. The van der Waals surface area contributed by atoms with Crippen LogP contribution in [0.4, 0.5) is 5.69 Å². The van der Waals surface area contributed by atoms with Gasteiger partial charge in [-0.2, -0.15) is 0 Å². The molecule has 0 bridgehead atoms. The Kier molecular flexibility index (Phi) is 3.46.